The molecule has 1 rings (SSSR count). The number of benzene rings is 1. The Bertz CT molecular complexity index is 363. The van der Waals surface area contributed by atoms with E-state index in [0.717, 1.165) is 0 Å². The minimum atomic E-state index is -4.39. The van der Waals surface area contributed by atoms with E-state index < -0.39 is 12.8 Å². The first-order chi connectivity index (χ1) is 6.92. The van der Waals surface area contributed by atoms with Crippen LogP contribution in [0.25, 0.3) is 0 Å². The van der Waals surface area contributed by atoms with Crippen molar-refractivity contribution in [3.63, 3.8) is 0 Å². The highest BCUT2D eigenvalue weighted by Gasteiger charge is 2.28. The zero-order valence-electron chi connectivity index (χ0n) is 7.34. The third-order valence-corrected chi connectivity index (χ3v) is 2.14. The third kappa shape index (κ3) is 3.91. The molecule has 0 amide bonds. The van der Waals surface area contributed by atoms with Crippen LogP contribution < -0.4 is 4.74 Å². The van der Waals surface area contributed by atoms with Crippen LogP contribution in [0.1, 0.15) is 10.4 Å². The Labute approximate surface area is 92.2 Å². The van der Waals surface area contributed by atoms with E-state index in [9.17, 15) is 18.0 Å². The average Bonchev–Trinajstić information content (AvgIpc) is 2.15. The summed E-state index contributed by atoms with van der Waals surface area (Å²) >= 11 is 3.02. The molecule has 0 radical (unpaired) electrons. The zero-order valence-corrected chi connectivity index (χ0v) is 8.93. The van der Waals surface area contributed by atoms with Gasteiger partial charge in [0.15, 0.2) is 6.61 Å². The number of carbonyl (C=O) groups excluding carboxylic acids is 1. The van der Waals surface area contributed by atoms with Crippen LogP contribution in [0.4, 0.5) is 13.2 Å². The largest absolute Gasteiger partial charge is 0.483 e. The molecule has 0 N–H and O–H groups in total. The van der Waals surface area contributed by atoms with E-state index >= 15 is 0 Å². The molecule has 1 aromatic carbocycles. The van der Waals surface area contributed by atoms with E-state index in [1.807, 2.05) is 0 Å². The summed E-state index contributed by atoms with van der Waals surface area (Å²) in [7, 11) is 0. The van der Waals surface area contributed by atoms with Crippen molar-refractivity contribution in [3.05, 3.63) is 28.2 Å². The molecular formula is C9H6BrF3O2. The van der Waals surface area contributed by atoms with Gasteiger partial charge in [-0.15, -0.1) is 0 Å². The summed E-state index contributed by atoms with van der Waals surface area (Å²) in [4.78, 5) is 10.4. The fourth-order valence-corrected chi connectivity index (χ4v) is 1.22. The Morgan fingerprint density at radius 1 is 1.40 bits per heavy atom. The maximum Gasteiger partial charge on any atom is 0.422 e. The molecule has 0 spiro atoms. The smallest absolute Gasteiger partial charge is 0.422 e. The fraction of sp³-hybridized carbons (Fsp3) is 0.222. The van der Waals surface area contributed by atoms with Crippen molar-refractivity contribution in [2.75, 3.05) is 6.61 Å². The topological polar surface area (TPSA) is 26.3 Å². The monoisotopic (exact) mass is 282 g/mol. The predicted octanol–water partition coefficient (Wildman–Crippen LogP) is 3.20. The first-order valence-electron chi connectivity index (χ1n) is 3.86. The maximum atomic E-state index is 11.8. The molecule has 0 saturated heterocycles. The van der Waals surface area contributed by atoms with Gasteiger partial charge in [0.2, 0.25) is 0 Å². The Kier molecular flexibility index (Phi) is 3.73. The van der Waals surface area contributed by atoms with Gasteiger partial charge in [-0.1, -0.05) is 6.07 Å². The summed E-state index contributed by atoms with van der Waals surface area (Å²) in [6.07, 6.45) is -3.86. The molecule has 6 heteroatoms. The number of halogens is 4. The quantitative estimate of drug-likeness (QED) is 0.796. The van der Waals surface area contributed by atoms with E-state index in [1.54, 1.807) is 0 Å². The summed E-state index contributed by atoms with van der Waals surface area (Å²) in [6, 6.07) is 4.16. The van der Waals surface area contributed by atoms with E-state index in [1.165, 1.54) is 18.2 Å². The van der Waals surface area contributed by atoms with Crippen molar-refractivity contribution in [1.29, 1.82) is 0 Å². The molecule has 0 aliphatic heterocycles. The van der Waals surface area contributed by atoms with E-state index in [-0.39, 0.29) is 11.3 Å². The van der Waals surface area contributed by atoms with Crippen LogP contribution in [0, 0.1) is 0 Å². The normalized spacial score (nSPS) is 11.2. The van der Waals surface area contributed by atoms with Crippen molar-refractivity contribution in [2.45, 2.75) is 6.18 Å². The number of rotatable bonds is 3. The molecule has 2 nitrogen and oxygen atoms in total. The zero-order chi connectivity index (χ0) is 11.5. The second-order valence-electron chi connectivity index (χ2n) is 2.71. The van der Waals surface area contributed by atoms with Gasteiger partial charge in [-0.2, -0.15) is 13.2 Å². The number of ether oxygens (including phenoxy) is 1. The minimum absolute atomic E-state index is 0.00285. The van der Waals surface area contributed by atoms with Gasteiger partial charge < -0.3 is 4.74 Å². The van der Waals surface area contributed by atoms with Gasteiger partial charge in [0, 0.05) is 5.56 Å². The molecule has 15 heavy (non-hydrogen) atoms. The molecule has 0 aliphatic carbocycles. The SMILES string of the molecule is O=Cc1ccc(Br)c(OCC(F)(F)F)c1. The van der Waals surface area contributed by atoms with Crippen LogP contribution in [0.2, 0.25) is 0 Å². The van der Waals surface area contributed by atoms with Crippen molar-refractivity contribution < 1.29 is 22.7 Å². The summed E-state index contributed by atoms with van der Waals surface area (Å²) in [5.41, 5.74) is 0.260. The predicted molar refractivity (Wildman–Crippen MR) is 51.1 cm³/mol. The van der Waals surface area contributed by atoms with Gasteiger partial charge in [-0.3, -0.25) is 4.79 Å². The molecular weight excluding hydrogens is 277 g/mol. The van der Waals surface area contributed by atoms with Crippen molar-refractivity contribution in [2.24, 2.45) is 0 Å². The Morgan fingerprint density at radius 2 is 2.07 bits per heavy atom. The van der Waals surface area contributed by atoms with Crippen LogP contribution in [-0.2, 0) is 0 Å². The first-order valence-corrected chi connectivity index (χ1v) is 4.66. The van der Waals surface area contributed by atoms with Gasteiger partial charge >= 0.3 is 6.18 Å². The number of hydrogen-bond donors (Lipinski definition) is 0. The highest BCUT2D eigenvalue weighted by Crippen LogP contribution is 2.27. The van der Waals surface area contributed by atoms with Crippen LogP contribution in [0.3, 0.4) is 0 Å². The molecule has 0 fully saturated rings. The lowest BCUT2D eigenvalue weighted by Crippen LogP contribution is -2.19. The molecule has 1 aromatic rings. The summed E-state index contributed by atoms with van der Waals surface area (Å²) in [5, 5.41) is 0. The Morgan fingerprint density at radius 3 is 2.60 bits per heavy atom. The molecule has 0 atom stereocenters. The van der Waals surface area contributed by atoms with Crippen LogP contribution in [0.15, 0.2) is 22.7 Å². The van der Waals surface area contributed by atoms with Gasteiger partial charge in [0.25, 0.3) is 0 Å². The molecule has 0 unspecified atom stereocenters. The van der Waals surface area contributed by atoms with Gasteiger partial charge in [-0.25, -0.2) is 0 Å². The first kappa shape index (κ1) is 12.0. The van der Waals surface area contributed by atoms with Crippen molar-refractivity contribution >= 4 is 22.2 Å². The highest BCUT2D eigenvalue weighted by molar-refractivity contribution is 9.10. The number of alkyl halides is 3. The molecule has 0 aliphatic rings. The van der Waals surface area contributed by atoms with E-state index in [0.29, 0.717) is 10.8 Å². The van der Waals surface area contributed by atoms with Crippen molar-refractivity contribution in [1.82, 2.24) is 0 Å². The fourth-order valence-electron chi connectivity index (χ4n) is 0.863. The second-order valence-corrected chi connectivity index (χ2v) is 3.57. The van der Waals surface area contributed by atoms with Crippen LogP contribution >= 0.6 is 15.9 Å². The molecule has 0 heterocycles. The minimum Gasteiger partial charge on any atom is -0.483 e. The standard InChI is InChI=1S/C9H6BrF3O2/c10-7-2-1-6(4-14)3-8(7)15-5-9(11,12)13/h1-4H,5H2. The summed E-state index contributed by atoms with van der Waals surface area (Å²) in [5.74, 6) is -0.00285. The Balaban J connectivity index is 2.80. The summed E-state index contributed by atoms with van der Waals surface area (Å²) in [6.45, 7) is -1.38. The van der Waals surface area contributed by atoms with E-state index in [4.69, 9.17) is 0 Å². The van der Waals surface area contributed by atoms with Crippen molar-refractivity contribution in [3.8, 4) is 5.75 Å². The van der Waals surface area contributed by atoms with E-state index in [2.05, 4.69) is 20.7 Å². The maximum absolute atomic E-state index is 11.8. The second kappa shape index (κ2) is 4.65. The number of carbonyl (C=O) groups is 1. The van der Waals surface area contributed by atoms with Gasteiger partial charge in [0.1, 0.15) is 12.0 Å². The number of hydrogen-bond acceptors (Lipinski definition) is 2. The van der Waals surface area contributed by atoms with Crippen LogP contribution in [-0.4, -0.2) is 19.1 Å². The molecule has 82 valence electrons. The van der Waals surface area contributed by atoms with Crippen LogP contribution in [0.5, 0.6) is 5.75 Å². The lowest BCUT2D eigenvalue weighted by molar-refractivity contribution is -0.153. The summed E-state index contributed by atoms with van der Waals surface area (Å²) < 4.78 is 40.4. The Hall–Kier alpha value is -1.04. The van der Waals surface area contributed by atoms with Gasteiger partial charge in [-0.05, 0) is 28.1 Å². The highest BCUT2D eigenvalue weighted by atomic mass is 79.9. The van der Waals surface area contributed by atoms with Gasteiger partial charge in [0.05, 0.1) is 4.47 Å². The third-order valence-electron chi connectivity index (χ3n) is 1.48. The number of aldehydes is 1. The lowest BCUT2D eigenvalue weighted by Gasteiger charge is -2.10. The average molecular weight is 283 g/mol. The molecule has 0 saturated carbocycles. The molecule has 0 bridgehead atoms. The molecule has 0 aromatic heterocycles. The lowest BCUT2D eigenvalue weighted by atomic mass is 10.2.